The Morgan fingerprint density at radius 1 is 1.22 bits per heavy atom. The fraction of sp³-hybridized carbons (Fsp3) is 0.444. The molecule has 3 aliphatic rings. The molecule has 2 bridgehead atoms. The average molecular weight is 495 g/mol. The van der Waals surface area contributed by atoms with Crippen LogP contribution in [0.5, 0.6) is 5.75 Å². The van der Waals surface area contributed by atoms with Gasteiger partial charge in [0.2, 0.25) is 0 Å². The van der Waals surface area contributed by atoms with Gasteiger partial charge in [-0.3, -0.25) is 4.79 Å². The molecule has 9 heteroatoms. The number of aromatic nitrogens is 3. The summed E-state index contributed by atoms with van der Waals surface area (Å²) in [6.45, 7) is 0.703. The second-order valence-corrected chi connectivity index (χ2v) is 10.6. The fourth-order valence-corrected chi connectivity index (χ4v) is 6.11. The van der Waals surface area contributed by atoms with Crippen molar-refractivity contribution >= 4 is 17.1 Å². The van der Waals surface area contributed by atoms with Gasteiger partial charge in [-0.2, -0.15) is 13.9 Å². The van der Waals surface area contributed by atoms with Crippen LogP contribution in [0.1, 0.15) is 84.4 Å². The van der Waals surface area contributed by atoms with Gasteiger partial charge >= 0.3 is 6.61 Å². The average Bonchev–Trinajstić information content (AvgIpc) is 3.36. The highest BCUT2D eigenvalue weighted by Crippen LogP contribution is 2.53. The lowest BCUT2D eigenvalue weighted by molar-refractivity contribution is -0.0505. The Morgan fingerprint density at radius 3 is 2.72 bits per heavy atom. The fourth-order valence-electron chi connectivity index (χ4n) is 6.11. The number of carbonyl (C=O) groups excluding carboxylic acids is 1. The molecule has 1 aliphatic heterocycles. The Balaban J connectivity index is 1.48. The second-order valence-electron chi connectivity index (χ2n) is 10.6. The van der Waals surface area contributed by atoms with Crippen LogP contribution >= 0.6 is 0 Å². The van der Waals surface area contributed by atoms with Crippen LogP contribution < -0.4 is 4.74 Å². The standard InChI is InChI=1S/C27H28F2N4O3/c1-27(2,35)15-9-7-14(8-10-15)18-11-12-33-24(30-18)22-17-13-19(23(22)31-33)32(3)25(34)16-5-4-6-20(21(16)17)36-26(28)29/h4-7,11-12,15,17,19,26,35H,8-10,13H2,1-3H3/t15?,17-,19-/m0/s1. The van der Waals surface area contributed by atoms with Crippen molar-refractivity contribution in [3.8, 4) is 5.75 Å². The van der Waals surface area contributed by atoms with Crippen molar-refractivity contribution in [2.45, 2.75) is 63.7 Å². The largest absolute Gasteiger partial charge is 0.434 e. The summed E-state index contributed by atoms with van der Waals surface area (Å²) in [5, 5.41) is 15.2. The van der Waals surface area contributed by atoms with Gasteiger partial charge in [0.15, 0.2) is 5.65 Å². The number of ether oxygens (including phenoxy) is 1. The molecule has 1 unspecified atom stereocenters. The van der Waals surface area contributed by atoms with Crippen LogP contribution in [-0.4, -0.2) is 49.8 Å². The maximum absolute atomic E-state index is 13.3. The normalized spacial score (nSPS) is 23.5. The van der Waals surface area contributed by atoms with Crippen LogP contribution in [0.25, 0.3) is 11.2 Å². The van der Waals surface area contributed by atoms with E-state index < -0.39 is 12.2 Å². The number of hydrogen-bond acceptors (Lipinski definition) is 5. The zero-order chi connectivity index (χ0) is 25.4. The number of allylic oxidation sites excluding steroid dienone is 2. The Bertz CT molecular complexity index is 1410. The van der Waals surface area contributed by atoms with Crippen LogP contribution in [0.3, 0.4) is 0 Å². The topological polar surface area (TPSA) is 80.0 Å². The third-order valence-corrected chi connectivity index (χ3v) is 8.06. The van der Waals surface area contributed by atoms with Gasteiger partial charge in [0.1, 0.15) is 5.75 Å². The number of carbonyl (C=O) groups is 1. The lowest BCUT2D eigenvalue weighted by Gasteiger charge is -2.31. The molecule has 1 aromatic carbocycles. The summed E-state index contributed by atoms with van der Waals surface area (Å²) < 4.78 is 33.2. The Labute approximate surface area is 207 Å². The predicted octanol–water partition coefficient (Wildman–Crippen LogP) is 4.95. The highest BCUT2D eigenvalue weighted by Gasteiger charge is 2.46. The summed E-state index contributed by atoms with van der Waals surface area (Å²) in [5.74, 6) is -0.359. The third-order valence-electron chi connectivity index (χ3n) is 8.06. The Kier molecular flexibility index (Phi) is 5.19. The summed E-state index contributed by atoms with van der Waals surface area (Å²) in [6.07, 6.45) is 7.03. The first-order valence-electron chi connectivity index (χ1n) is 12.3. The second kappa shape index (κ2) is 8.09. The van der Waals surface area contributed by atoms with Gasteiger partial charge in [-0.25, -0.2) is 9.50 Å². The molecule has 0 saturated carbocycles. The first kappa shape index (κ1) is 23.1. The van der Waals surface area contributed by atoms with Crippen molar-refractivity contribution in [2.75, 3.05) is 7.05 Å². The monoisotopic (exact) mass is 494 g/mol. The van der Waals surface area contributed by atoms with E-state index in [1.807, 2.05) is 26.1 Å². The van der Waals surface area contributed by atoms with Crippen molar-refractivity contribution in [1.82, 2.24) is 19.5 Å². The first-order chi connectivity index (χ1) is 17.1. The molecule has 3 aromatic rings. The predicted molar refractivity (Wildman–Crippen MR) is 129 cm³/mol. The molecule has 1 amide bonds. The zero-order valence-corrected chi connectivity index (χ0v) is 20.4. The van der Waals surface area contributed by atoms with Crippen molar-refractivity contribution in [2.24, 2.45) is 5.92 Å². The van der Waals surface area contributed by atoms with Gasteiger partial charge in [0.25, 0.3) is 5.91 Å². The molecule has 0 saturated heterocycles. The summed E-state index contributed by atoms with van der Waals surface area (Å²) in [7, 11) is 1.73. The lowest BCUT2D eigenvalue weighted by Crippen LogP contribution is -2.31. The van der Waals surface area contributed by atoms with Gasteiger partial charge in [-0.1, -0.05) is 12.1 Å². The van der Waals surface area contributed by atoms with Gasteiger partial charge in [-0.05, 0) is 69.2 Å². The SMILES string of the molecule is CN1C(=O)c2cccc(OC(F)F)c2[C@@H]2C[C@H]1c1nn3ccc(C4=CCC(C(C)(C)O)CC4)nc3c12. The number of rotatable bonds is 4. The summed E-state index contributed by atoms with van der Waals surface area (Å²) in [6, 6.07) is 6.39. The van der Waals surface area contributed by atoms with E-state index in [9.17, 15) is 18.7 Å². The van der Waals surface area contributed by atoms with E-state index >= 15 is 0 Å². The van der Waals surface area contributed by atoms with E-state index in [2.05, 4.69) is 6.08 Å². The summed E-state index contributed by atoms with van der Waals surface area (Å²) >= 11 is 0. The highest BCUT2D eigenvalue weighted by molar-refractivity contribution is 5.98. The molecule has 0 fully saturated rings. The van der Waals surface area contributed by atoms with Crippen molar-refractivity contribution in [1.29, 1.82) is 0 Å². The van der Waals surface area contributed by atoms with Crippen molar-refractivity contribution in [3.63, 3.8) is 0 Å². The minimum absolute atomic E-state index is 0.0194. The molecule has 3 atom stereocenters. The number of aliphatic hydroxyl groups is 1. The molecule has 6 rings (SSSR count). The molecule has 3 heterocycles. The number of fused-ring (bicyclic) bond motifs is 9. The van der Waals surface area contributed by atoms with E-state index in [1.54, 1.807) is 28.6 Å². The van der Waals surface area contributed by atoms with Crippen LogP contribution in [-0.2, 0) is 0 Å². The molecule has 188 valence electrons. The van der Waals surface area contributed by atoms with Gasteiger partial charge < -0.3 is 14.7 Å². The molecule has 1 N–H and O–H groups in total. The number of amides is 1. The number of alkyl halides is 2. The Hall–Kier alpha value is -3.33. The maximum Gasteiger partial charge on any atom is 0.387 e. The third kappa shape index (κ3) is 3.51. The molecule has 0 radical (unpaired) electrons. The van der Waals surface area contributed by atoms with Gasteiger partial charge in [-0.15, -0.1) is 0 Å². The number of hydrogen-bond donors (Lipinski definition) is 1. The number of nitrogens with zero attached hydrogens (tertiary/aromatic N) is 4. The van der Waals surface area contributed by atoms with Crippen LogP contribution in [0.2, 0.25) is 0 Å². The smallest absolute Gasteiger partial charge is 0.387 e. The molecule has 2 aromatic heterocycles. The van der Waals surface area contributed by atoms with Gasteiger partial charge in [0, 0.05) is 35.9 Å². The Morgan fingerprint density at radius 2 is 2.03 bits per heavy atom. The number of benzene rings is 1. The zero-order valence-electron chi connectivity index (χ0n) is 20.4. The maximum atomic E-state index is 13.3. The first-order valence-corrected chi connectivity index (χ1v) is 12.3. The molecular formula is C27H28F2N4O3. The summed E-state index contributed by atoms with van der Waals surface area (Å²) in [4.78, 5) is 19.9. The van der Waals surface area contributed by atoms with Crippen molar-refractivity contribution in [3.05, 3.63) is 64.6 Å². The van der Waals surface area contributed by atoms with E-state index in [1.165, 1.54) is 6.07 Å². The molecular weight excluding hydrogens is 466 g/mol. The summed E-state index contributed by atoms with van der Waals surface area (Å²) in [5.41, 5.74) is 4.37. The van der Waals surface area contributed by atoms with Crippen molar-refractivity contribution < 1.29 is 23.4 Å². The van der Waals surface area contributed by atoms with Crippen LogP contribution in [0.4, 0.5) is 8.78 Å². The lowest BCUT2D eigenvalue weighted by atomic mass is 9.79. The molecule has 7 nitrogen and oxygen atoms in total. The highest BCUT2D eigenvalue weighted by atomic mass is 19.3. The minimum atomic E-state index is -3.00. The van der Waals surface area contributed by atoms with E-state index in [0.717, 1.165) is 41.8 Å². The minimum Gasteiger partial charge on any atom is -0.434 e. The van der Waals surface area contributed by atoms with Crippen LogP contribution in [0, 0.1) is 5.92 Å². The number of halogens is 2. The molecule has 2 aliphatic carbocycles. The van der Waals surface area contributed by atoms with Crippen LogP contribution in [0.15, 0.2) is 36.5 Å². The van der Waals surface area contributed by atoms with E-state index in [4.69, 9.17) is 14.8 Å². The molecule has 36 heavy (non-hydrogen) atoms. The van der Waals surface area contributed by atoms with E-state index in [-0.39, 0.29) is 29.5 Å². The quantitative estimate of drug-likeness (QED) is 0.555. The molecule has 0 spiro atoms. The van der Waals surface area contributed by atoms with Gasteiger partial charge in [0.05, 0.1) is 23.0 Å². The van der Waals surface area contributed by atoms with E-state index in [0.29, 0.717) is 23.2 Å².